The third kappa shape index (κ3) is 2.97. The fourth-order valence-corrected chi connectivity index (χ4v) is 5.41. The van der Waals surface area contributed by atoms with Gasteiger partial charge in [0.05, 0.1) is 29.6 Å². The molecule has 3 aromatic rings. The quantitative estimate of drug-likeness (QED) is 0.547. The van der Waals surface area contributed by atoms with Crippen molar-refractivity contribution in [3.63, 3.8) is 0 Å². The van der Waals surface area contributed by atoms with E-state index in [-0.39, 0.29) is 5.78 Å². The van der Waals surface area contributed by atoms with Crippen LogP contribution in [0, 0.1) is 41.9 Å². The van der Waals surface area contributed by atoms with Gasteiger partial charge in [0.25, 0.3) is 0 Å². The number of fused-ring (bicyclic) bond motifs is 3. The molecule has 2 aliphatic rings. The normalized spacial score (nSPS) is 22.1. The molecule has 0 radical (unpaired) electrons. The van der Waals surface area contributed by atoms with Crippen LogP contribution < -0.4 is 4.90 Å². The highest BCUT2D eigenvalue weighted by Crippen LogP contribution is 2.55. The monoisotopic (exact) mass is 430 g/mol. The van der Waals surface area contributed by atoms with Crippen LogP contribution in [0.5, 0.6) is 0 Å². The van der Waals surface area contributed by atoms with Crippen molar-refractivity contribution in [1.82, 2.24) is 4.98 Å². The SMILES string of the molecule is Cc1ccc(C2C(C(=O)c3ccccc3)N3c4cccnc4C=CC3C2(C#N)C#N)c(C)c1. The molecular weight excluding hydrogens is 408 g/mol. The number of hydrogen-bond acceptors (Lipinski definition) is 5. The molecule has 0 saturated carbocycles. The van der Waals surface area contributed by atoms with Gasteiger partial charge in [0.2, 0.25) is 0 Å². The molecule has 1 saturated heterocycles. The molecule has 5 nitrogen and oxygen atoms in total. The van der Waals surface area contributed by atoms with Crippen LogP contribution in [0.25, 0.3) is 6.08 Å². The number of nitrogens with zero attached hydrogens (tertiary/aromatic N) is 4. The maximum absolute atomic E-state index is 14.1. The fraction of sp³-hybridized carbons (Fsp3) is 0.214. The number of anilines is 1. The van der Waals surface area contributed by atoms with Gasteiger partial charge in [-0.05, 0) is 43.2 Å². The van der Waals surface area contributed by atoms with E-state index in [0.717, 1.165) is 28.1 Å². The Morgan fingerprint density at radius 1 is 1.03 bits per heavy atom. The third-order valence-electron chi connectivity index (χ3n) is 6.86. The summed E-state index contributed by atoms with van der Waals surface area (Å²) in [4.78, 5) is 20.5. The van der Waals surface area contributed by atoms with E-state index in [4.69, 9.17) is 0 Å². The molecule has 5 heteroatoms. The fourth-order valence-electron chi connectivity index (χ4n) is 5.41. The topological polar surface area (TPSA) is 80.8 Å². The first kappa shape index (κ1) is 20.7. The summed E-state index contributed by atoms with van der Waals surface area (Å²) >= 11 is 0. The second-order valence-corrected chi connectivity index (χ2v) is 8.72. The Morgan fingerprint density at radius 2 is 1.79 bits per heavy atom. The Labute approximate surface area is 193 Å². The molecule has 0 aliphatic carbocycles. The second-order valence-electron chi connectivity index (χ2n) is 8.72. The number of Topliss-reactive ketones (excluding diaryl/α,β-unsaturated/α-hetero) is 1. The van der Waals surface area contributed by atoms with E-state index in [9.17, 15) is 15.3 Å². The summed E-state index contributed by atoms with van der Waals surface area (Å²) in [6, 6.07) is 22.2. The van der Waals surface area contributed by atoms with Gasteiger partial charge in [-0.15, -0.1) is 0 Å². The van der Waals surface area contributed by atoms with Crippen LogP contribution in [-0.4, -0.2) is 22.9 Å². The molecule has 0 N–H and O–H groups in total. The van der Waals surface area contributed by atoms with E-state index >= 15 is 0 Å². The molecule has 3 unspecified atom stereocenters. The van der Waals surface area contributed by atoms with Gasteiger partial charge in [-0.2, -0.15) is 10.5 Å². The molecule has 1 fully saturated rings. The number of rotatable bonds is 3. The highest BCUT2D eigenvalue weighted by atomic mass is 16.1. The number of nitriles is 2. The highest BCUT2D eigenvalue weighted by molar-refractivity contribution is 6.04. The average Bonchev–Trinajstić information content (AvgIpc) is 3.15. The van der Waals surface area contributed by atoms with Gasteiger partial charge >= 0.3 is 0 Å². The molecule has 33 heavy (non-hydrogen) atoms. The van der Waals surface area contributed by atoms with Crippen LogP contribution in [0.2, 0.25) is 0 Å². The van der Waals surface area contributed by atoms with Crippen molar-refractivity contribution in [2.24, 2.45) is 5.41 Å². The number of pyridine rings is 1. The lowest BCUT2D eigenvalue weighted by atomic mass is 9.68. The zero-order valence-electron chi connectivity index (χ0n) is 18.4. The van der Waals surface area contributed by atoms with Crippen molar-refractivity contribution >= 4 is 17.5 Å². The minimum absolute atomic E-state index is 0.108. The van der Waals surface area contributed by atoms with E-state index < -0.39 is 23.4 Å². The summed E-state index contributed by atoms with van der Waals surface area (Å²) in [6.45, 7) is 3.99. The summed E-state index contributed by atoms with van der Waals surface area (Å²) in [7, 11) is 0. The van der Waals surface area contributed by atoms with Crippen LogP contribution >= 0.6 is 0 Å². The van der Waals surface area contributed by atoms with Gasteiger partial charge in [0, 0.05) is 17.7 Å². The molecule has 160 valence electrons. The van der Waals surface area contributed by atoms with Crippen LogP contribution in [0.4, 0.5) is 5.69 Å². The second kappa shape index (κ2) is 7.73. The van der Waals surface area contributed by atoms with Crippen LogP contribution in [0.15, 0.2) is 72.9 Å². The number of aromatic nitrogens is 1. The van der Waals surface area contributed by atoms with E-state index in [2.05, 4.69) is 17.1 Å². The van der Waals surface area contributed by atoms with Gasteiger partial charge in [-0.1, -0.05) is 60.2 Å². The summed E-state index contributed by atoms with van der Waals surface area (Å²) in [5, 5.41) is 21.0. The standard InChI is InChI=1S/C28H22N4O/c1-18-10-11-21(19(2)15-18)25-26(27(33)20-7-4-3-5-8-20)32-23-9-6-14-31-22(23)12-13-24(32)28(25,16-29)17-30/h3-15,24-26H,1-2H3. The Balaban J connectivity index is 1.81. The predicted molar refractivity (Wildman–Crippen MR) is 126 cm³/mol. The summed E-state index contributed by atoms with van der Waals surface area (Å²) in [6.07, 6.45) is 5.42. The Morgan fingerprint density at radius 3 is 2.48 bits per heavy atom. The summed E-state index contributed by atoms with van der Waals surface area (Å²) in [5.74, 6) is -0.746. The van der Waals surface area contributed by atoms with Gasteiger partial charge in [0.15, 0.2) is 11.2 Å². The minimum atomic E-state index is -1.45. The maximum atomic E-state index is 14.1. The minimum Gasteiger partial charge on any atom is -0.349 e. The zero-order chi connectivity index (χ0) is 23.2. The largest absolute Gasteiger partial charge is 0.349 e. The van der Waals surface area contributed by atoms with E-state index in [1.54, 1.807) is 18.3 Å². The summed E-state index contributed by atoms with van der Waals surface area (Å²) < 4.78 is 0. The van der Waals surface area contributed by atoms with Crippen molar-refractivity contribution in [3.8, 4) is 12.1 Å². The number of carbonyl (C=O) groups excluding carboxylic acids is 1. The first-order valence-electron chi connectivity index (χ1n) is 10.9. The van der Waals surface area contributed by atoms with E-state index in [0.29, 0.717) is 5.56 Å². The van der Waals surface area contributed by atoms with Gasteiger partial charge < -0.3 is 4.90 Å². The van der Waals surface area contributed by atoms with Crippen LogP contribution in [0.1, 0.15) is 38.7 Å². The first-order chi connectivity index (χ1) is 16.0. The molecule has 0 spiro atoms. The lowest BCUT2D eigenvalue weighted by molar-refractivity contribution is 0.0951. The highest BCUT2D eigenvalue weighted by Gasteiger charge is 2.63. The Bertz CT molecular complexity index is 1350. The van der Waals surface area contributed by atoms with Gasteiger partial charge in [-0.25, -0.2) is 0 Å². The van der Waals surface area contributed by atoms with E-state index in [1.165, 1.54) is 0 Å². The maximum Gasteiger partial charge on any atom is 0.185 e. The molecule has 0 amide bonds. The molecule has 5 rings (SSSR count). The lowest BCUT2D eigenvalue weighted by Gasteiger charge is -2.34. The number of aryl methyl sites for hydroxylation is 2. The van der Waals surface area contributed by atoms with Gasteiger partial charge in [0.1, 0.15) is 6.04 Å². The lowest BCUT2D eigenvalue weighted by Crippen LogP contribution is -2.44. The predicted octanol–water partition coefficient (Wildman–Crippen LogP) is 4.98. The number of hydrogen-bond donors (Lipinski definition) is 0. The van der Waals surface area contributed by atoms with Gasteiger partial charge in [-0.3, -0.25) is 9.78 Å². The van der Waals surface area contributed by atoms with Crippen molar-refractivity contribution in [2.45, 2.75) is 31.8 Å². The van der Waals surface area contributed by atoms with Crippen LogP contribution in [0.3, 0.4) is 0 Å². The number of carbonyl (C=O) groups is 1. The molecule has 1 aromatic heterocycles. The van der Waals surface area contributed by atoms with Crippen molar-refractivity contribution in [1.29, 1.82) is 10.5 Å². The molecule has 3 heterocycles. The number of ketones is 1. The zero-order valence-corrected chi connectivity index (χ0v) is 18.4. The van der Waals surface area contributed by atoms with E-state index in [1.807, 2.05) is 79.4 Å². The Kier molecular flexibility index (Phi) is 4.84. The van der Waals surface area contributed by atoms with Crippen molar-refractivity contribution < 1.29 is 4.79 Å². The molecule has 3 atom stereocenters. The third-order valence-corrected chi connectivity index (χ3v) is 6.86. The summed E-state index contributed by atoms with van der Waals surface area (Å²) in [5.41, 5.74) is 3.52. The first-order valence-corrected chi connectivity index (χ1v) is 10.9. The Hall–Kier alpha value is -4.22. The molecule has 2 aromatic carbocycles. The van der Waals surface area contributed by atoms with Crippen LogP contribution in [-0.2, 0) is 0 Å². The average molecular weight is 431 g/mol. The molecule has 0 bridgehead atoms. The molecule has 2 aliphatic heterocycles. The smallest absolute Gasteiger partial charge is 0.185 e. The molecular formula is C28H22N4O. The van der Waals surface area contributed by atoms with Crippen molar-refractivity contribution in [3.05, 3.63) is 101 Å². The number of benzene rings is 2. The van der Waals surface area contributed by atoms with Crippen molar-refractivity contribution in [2.75, 3.05) is 4.90 Å².